The summed E-state index contributed by atoms with van der Waals surface area (Å²) in [7, 11) is 1.53. The molecule has 31 heavy (non-hydrogen) atoms. The third-order valence-electron chi connectivity index (χ3n) is 5.06. The van der Waals surface area contributed by atoms with Crippen LogP contribution in [0.3, 0.4) is 0 Å². The standard InChI is InChI=1S/C25H24N2O4/c1-16-8-9-17(24(28)26-19-11-12-19)14-21(16)27-25(29)18-10-13-22(23(15-18)30-2)31-20-6-4-3-5-7-20/h3-10,13-15,19H,11-12H2,1-2H3,(H,26,28)(H,27,29). The fraction of sp³-hybridized carbons (Fsp3) is 0.200. The van der Waals surface area contributed by atoms with E-state index in [-0.39, 0.29) is 17.9 Å². The number of para-hydroxylation sites is 1. The normalized spacial score (nSPS) is 12.7. The van der Waals surface area contributed by atoms with Crippen molar-refractivity contribution in [3.63, 3.8) is 0 Å². The van der Waals surface area contributed by atoms with Crippen molar-refractivity contribution in [1.82, 2.24) is 5.32 Å². The Morgan fingerprint density at radius 2 is 1.58 bits per heavy atom. The fourth-order valence-electron chi connectivity index (χ4n) is 3.10. The van der Waals surface area contributed by atoms with Crippen LogP contribution >= 0.6 is 0 Å². The number of hydrogen-bond donors (Lipinski definition) is 2. The van der Waals surface area contributed by atoms with Gasteiger partial charge in [0.2, 0.25) is 0 Å². The minimum atomic E-state index is -0.299. The molecule has 0 radical (unpaired) electrons. The highest BCUT2D eigenvalue weighted by molar-refractivity contribution is 6.06. The summed E-state index contributed by atoms with van der Waals surface area (Å²) in [5.41, 5.74) is 2.41. The summed E-state index contributed by atoms with van der Waals surface area (Å²) in [6, 6.07) is 19.9. The Morgan fingerprint density at radius 1 is 0.871 bits per heavy atom. The van der Waals surface area contributed by atoms with Crippen molar-refractivity contribution >= 4 is 17.5 Å². The van der Waals surface area contributed by atoms with Crippen LogP contribution in [0.2, 0.25) is 0 Å². The summed E-state index contributed by atoms with van der Waals surface area (Å²) in [5, 5.41) is 5.86. The van der Waals surface area contributed by atoms with Crippen molar-refractivity contribution in [3.8, 4) is 17.2 Å². The molecule has 158 valence electrons. The van der Waals surface area contributed by atoms with Crippen molar-refractivity contribution in [1.29, 1.82) is 0 Å². The maximum absolute atomic E-state index is 12.9. The molecule has 0 atom stereocenters. The van der Waals surface area contributed by atoms with E-state index in [1.807, 2.05) is 43.3 Å². The van der Waals surface area contributed by atoms with E-state index in [2.05, 4.69) is 10.6 Å². The van der Waals surface area contributed by atoms with Crippen LogP contribution < -0.4 is 20.1 Å². The molecule has 0 unspecified atom stereocenters. The van der Waals surface area contributed by atoms with Gasteiger partial charge in [0.1, 0.15) is 5.75 Å². The van der Waals surface area contributed by atoms with Crippen LogP contribution in [0.1, 0.15) is 39.1 Å². The summed E-state index contributed by atoms with van der Waals surface area (Å²) in [4.78, 5) is 25.2. The number of aryl methyl sites for hydroxylation is 1. The lowest BCUT2D eigenvalue weighted by Gasteiger charge is -2.13. The van der Waals surface area contributed by atoms with Crippen LogP contribution in [0.15, 0.2) is 66.7 Å². The van der Waals surface area contributed by atoms with E-state index < -0.39 is 0 Å². The summed E-state index contributed by atoms with van der Waals surface area (Å²) < 4.78 is 11.3. The number of carbonyl (C=O) groups excluding carboxylic acids is 2. The molecule has 0 saturated heterocycles. The molecule has 6 heteroatoms. The number of nitrogens with one attached hydrogen (secondary N) is 2. The highest BCUT2D eigenvalue weighted by atomic mass is 16.5. The predicted octanol–water partition coefficient (Wildman–Crippen LogP) is 4.94. The lowest BCUT2D eigenvalue weighted by molar-refractivity contribution is 0.0949. The molecule has 1 saturated carbocycles. The molecule has 2 amide bonds. The maximum Gasteiger partial charge on any atom is 0.255 e. The number of benzene rings is 3. The minimum Gasteiger partial charge on any atom is -0.493 e. The fourth-order valence-corrected chi connectivity index (χ4v) is 3.10. The quantitative estimate of drug-likeness (QED) is 0.572. The topological polar surface area (TPSA) is 76.7 Å². The lowest BCUT2D eigenvalue weighted by Crippen LogP contribution is -2.25. The SMILES string of the molecule is COc1cc(C(=O)Nc2cc(C(=O)NC3CC3)ccc2C)ccc1Oc1ccccc1. The third kappa shape index (κ3) is 5.04. The highest BCUT2D eigenvalue weighted by Gasteiger charge is 2.24. The number of rotatable bonds is 7. The molecule has 3 aromatic carbocycles. The van der Waals surface area contributed by atoms with Gasteiger partial charge in [-0.3, -0.25) is 9.59 Å². The first kappa shape index (κ1) is 20.5. The first-order chi connectivity index (χ1) is 15.0. The van der Waals surface area contributed by atoms with E-state index in [0.717, 1.165) is 18.4 Å². The van der Waals surface area contributed by atoms with Crippen molar-refractivity contribution < 1.29 is 19.1 Å². The van der Waals surface area contributed by atoms with E-state index in [0.29, 0.717) is 34.1 Å². The molecule has 0 aromatic heterocycles. The summed E-state index contributed by atoms with van der Waals surface area (Å²) in [6.45, 7) is 1.88. The summed E-state index contributed by atoms with van der Waals surface area (Å²) in [5.74, 6) is 1.22. The van der Waals surface area contributed by atoms with Gasteiger partial charge in [-0.05, 0) is 67.8 Å². The Bertz CT molecular complexity index is 1110. The van der Waals surface area contributed by atoms with Crippen LogP contribution in [0.25, 0.3) is 0 Å². The molecular formula is C25H24N2O4. The van der Waals surface area contributed by atoms with Crippen molar-refractivity contribution in [2.45, 2.75) is 25.8 Å². The lowest BCUT2D eigenvalue weighted by atomic mass is 10.1. The van der Waals surface area contributed by atoms with Gasteiger partial charge in [0, 0.05) is 22.9 Å². The van der Waals surface area contributed by atoms with Gasteiger partial charge in [-0.15, -0.1) is 0 Å². The Kier molecular flexibility index (Phi) is 5.89. The van der Waals surface area contributed by atoms with Gasteiger partial charge in [-0.2, -0.15) is 0 Å². The number of anilines is 1. The van der Waals surface area contributed by atoms with Crippen molar-refractivity contribution in [2.24, 2.45) is 0 Å². The van der Waals surface area contributed by atoms with Crippen LogP contribution in [0, 0.1) is 6.92 Å². The number of hydrogen-bond acceptors (Lipinski definition) is 4. The first-order valence-electron chi connectivity index (χ1n) is 10.2. The molecule has 0 bridgehead atoms. The maximum atomic E-state index is 12.9. The molecule has 1 aliphatic carbocycles. The molecule has 1 aliphatic rings. The summed E-state index contributed by atoms with van der Waals surface area (Å²) in [6.07, 6.45) is 2.04. The van der Waals surface area contributed by atoms with E-state index in [9.17, 15) is 9.59 Å². The molecule has 0 spiro atoms. The smallest absolute Gasteiger partial charge is 0.255 e. The molecule has 0 heterocycles. The van der Waals surface area contributed by atoms with E-state index in [4.69, 9.17) is 9.47 Å². The largest absolute Gasteiger partial charge is 0.493 e. The van der Waals surface area contributed by atoms with Crippen LogP contribution in [-0.2, 0) is 0 Å². The van der Waals surface area contributed by atoms with Gasteiger partial charge in [-0.1, -0.05) is 24.3 Å². The zero-order valence-corrected chi connectivity index (χ0v) is 17.5. The van der Waals surface area contributed by atoms with Crippen LogP contribution in [0.4, 0.5) is 5.69 Å². The number of methoxy groups -OCH3 is 1. The molecule has 3 aromatic rings. The van der Waals surface area contributed by atoms with Gasteiger partial charge < -0.3 is 20.1 Å². The second-order valence-electron chi connectivity index (χ2n) is 7.51. The molecule has 0 aliphatic heterocycles. The molecule has 4 rings (SSSR count). The predicted molar refractivity (Wildman–Crippen MR) is 119 cm³/mol. The molecule has 2 N–H and O–H groups in total. The zero-order chi connectivity index (χ0) is 21.8. The second-order valence-corrected chi connectivity index (χ2v) is 7.51. The van der Waals surface area contributed by atoms with E-state index in [1.54, 1.807) is 30.3 Å². The average Bonchev–Trinajstić information content (AvgIpc) is 3.60. The second kappa shape index (κ2) is 8.92. The summed E-state index contributed by atoms with van der Waals surface area (Å²) >= 11 is 0. The first-order valence-corrected chi connectivity index (χ1v) is 10.2. The van der Waals surface area contributed by atoms with Gasteiger partial charge in [0.15, 0.2) is 11.5 Å². The Labute approximate surface area is 181 Å². The van der Waals surface area contributed by atoms with Gasteiger partial charge >= 0.3 is 0 Å². The van der Waals surface area contributed by atoms with Crippen molar-refractivity contribution in [2.75, 3.05) is 12.4 Å². The average molecular weight is 416 g/mol. The minimum absolute atomic E-state index is 0.123. The number of ether oxygens (including phenoxy) is 2. The Balaban J connectivity index is 1.51. The molecule has 1 fully saturated rings. The van der Waals surface area contributed by atoms with Gasteiger partial charge in [-0.25, -0.2) is 0 Å². The zero-order valence-electron chi connectivity index (χ0n) is 17.5. The van der Waals surface area contributed by atoms with Gasteiger partial charge in [0.05, 0.1) is 7.11 Å². The van der Waals surface area contributed by atoms with E-state index >= 15 is 0 Å². The third-order valence-corrected chi connectivity index (χ3v) is 5.06. The highest BCUT2D eigenvalue weighted by Crippen LogP contribution is 2.32. The monoisotopic (exact) mass is 416 g/mol. The van der Waals surface area contributed by atoms with E-state index in [1.165, 1.54) is 7.11 Å². The van der Waals surface area contributed by atoms with Gasteiger partial charge in [0.25, 0.3) is 11.8 Å². The number of carbonyl (C=O) groups is 2. The van der Waals surface area contributed by atoms with Crippen LogP contribution in [0.5, 0.6) is 17.2 Å². The van der Waals surface area contributed by atoms with Crippen molar-refractivity contribution in [3.05, 3.63) is 83.4 Å². The number of amides is 2. The Hall–Kier alpha value is -3.80. The molecule has 6 nitrogen and oxygen atoms in total. The molecular weight excluding hydrogens is 392 g/mol. The van der Waals surface area contributed by atoms with Crippen LogP contribution in [-0.4, -0.2) is 25.0 Å². The Morgan fingerprint density at radius 3 is 2.29 bits per heavy atom.